The number of aromatic nitrogens is 3. The van der Waals surface area contributed by atoms with E-state index in [0.29, 0.717) is 23.5 Å². The van der Waals surface area contributed by atoms with E-state index in [1.807, 2.05) is 19.9 Å². The molecule has 0 saturated carbocycles. The number of H-pyrrole nitrogens is 1. The maximum Gasteiger partial charge on any atom is 0.257 e. The quantitative estimate of drug-likeness (QED) is 0.768. The summed E-state index contributed by atoms with van der Waals surface area (Å²) < 4.78 is 0. The topological polar surface area (TPSA) is 87.7 Å². The standard InChI is InChI=1S/C19H18N4O2/c1-3-15-10-17(24)23-18(21-15)13-5-4-6-16(9-13)22-19(25)14-8-7-12(2)20-11-14/h4-11H,3H2,1-2H3,(H,22,25)(H,21,23,24). The van der Waals surface area contributed by atoms with Crippen LogP contribution in [0.1, 0.15) is 28.7 Å². The molecule has 2 aromatic heterocycles. The predicted molar refractivity (Wildman–Crippen MR) is 96.6 cm³/mol. The van der Waals surface area contributed by atoms with Gasteiger partial charge in [0.05, 0.1) is 5.56 Å². The van der Waals surface area contributed by atoms with Gasteiger partial charge in [-0.05, 0) is 37.6 Å². The summed E-state index contributed by atoms with van der Waals surface area (Å²) in [7, 11) is 0. The molecule has 0 saturated heterocycles. The number of nitrogens with zero attached hydrogens (tertiary/aromatic N) is 2. The molecule has 0 bridgehead atoms. The van der Waals surface area contributed by atoms with Gasteiger partial charge < -0.3 is 10.3 Å². The smallest absolute Gasteiger partial charge is 0.257 e. The lowest BCUT2D eigenvalue weighted by atomic mass is 10.1. The van der Waals surface area contributed by atoms with Gasteiger partial charge in [-0.3, -0.25) is 14.6 Å². The molecule has 0 radical (unpaired) electrons. The van der Waals surface area contributed by atoms with E-state index in [2.05, 4.69) is 20.3 Å². The number of nitrogens with one attached hydrogen (secondary N) is 2. The number of pyridine rings is 1. The van der Waals surface area contributed by atoms with Gasteiger partial charge in [0.25, 0.3) is 11.5 Å². The van der Waals surface area contributed by atoms with Crippen molar-refractivity contribution in [3.05, 3.63) is 76.0 Å². The Hall–Kier alpha value is -3.28. The van der Waals surface area contributed by atoms with Gasteiger partial charge in [-0.15, -0.1) is 0 Å². The Labute approximate surface area is 145 Å². The van der Waals surface area contributed by atoms with Gasteiger partial charge in [0, 0.05) is 34.9 Å². The van der Waals surface area contributed by atoms with Gasteiger partial charge in [-0.25, -0.2) is 4.98 Å². The second-order valence-corrected chi connectivity index (χ2v) is 5.66. The number of carbonyl (C=O) groups excluding carboxylic acids is 1. The molecule has 0 aliphatic carbocycles. The molecule has 3 rings (SSSR count). The molecule has 6 heteroatoms. The first kappa shape index (κ1) is 16.6. The predicted octanol–water partition coefficient (Wildman–Crippen LogP) is 2.96. The van der Waals surface area contributed by atoms with Crippen LogP contribution in [0.15, 0.2) is 53.5 Å². The van der Waals surface area contributed by atoms with Crippen molar-refractivity contribution < 1.29 is 4.79 Å². The molecule has 0 unspecified atom stereocenters. The van der Waals surface area contributed by atoms with Gasteiger partial charge in [-0.2, -0.15) is 0 Å². The minimum absolute atomic E-state index is 0.193. The van der Waals surface area contributed by atoms with E-state index in [1.165, 1.54) is 12.3 Å². The van der Waals surface area contributed by atoms with Crippen LogP contribution in [0, 0.1) is 6.92 Å². The minimum Gasteiger partial charge on any atom is -0.322 e. The van der Waals surface area contributed by atoms with Gasteiger partial charge in [0.1, 0.15) is 5.82 Å². The van der Waals surface area contributed by atoms with E-state index >= 15 is 0 Å². The highest BCUT2D eigenvalue weighted by atomic mass is 16.1. The Bertz CT molecular complexity index is 962. The van der Waals surface area contributed by atoms with Crippen molar-refractivity contribution >= 4 is 11.6 Å². The monoisotopic (exact) mass is 334 g/mol. The van der Waals surface area contributed by atoms with Crippen LogP contribution in [0.4, 0.5) is 5.69 Å². The molecular weight excluding hydrogens is 316 g/mol. The molecule has 0 aliphatic heterocycles. The van der Waals surface area contributed by atoms with Crippen LogP contribution >= 0.6 is 0 Å². The summed E-state index contributed by atoms with van der Waals surface area (Å²) in [6, 6.07) is 12.2. The Balaban J connectivity index is 1.87. The third-order valence-electron chi connectivity index (χ3n) is 3.72. The first-order chi connectivity index (χ1) is 12.0. The van der Waals surface area contributed by atoms with Crippen LogP contribution in [0.25, 0.3) is 11.4 Å². The van der Waals surface area contributed by atoms with Crippen LogP contribution in [0.5, 0.6) is 0 Å². The van der Waals surface area contributed by atoms with Crippen LogP contribution < -0.4 is 10.9 Å². The number of anilines is 1. The fourth-order valence-corrected chi connectivity index (χ4v) is 2.38. The second kappa shape index (κ2) is 7.09. The summed E-state index contributed by atoms with van der Waals surface area (Å²) in [5, 5.41) is 2.83. The highest BCUT2D eigenvalue weighted by Crippen LogP contribution is 2.19. The van der Waals surface area contributed by atoms with Gasteiger partial charge >= 0.3 is 0 Å². The number of aryl methyl sites for hydroxylation is 2. The van der Waals surface area contributed by atoms with Crippen LogP contribution in [-0.2, 0) is 6.42 Å². The van der Waals surface area contributed by atoms with Crippen LogP contribution in [0.2, 0.25) is 0 Å². The first-order valence-electron chi connectivity index (χ1n) is 8.00. The SMILES string of the molecule is CCc1cc(=O)[nH]c(-c2cccc(NC(=O)c3ccc(C)nc3)c2)n1. The summed E-state index contributed by atoms with van der Waals surface area (Å²) >= 11 is 0. The highest BCUT2D eigenvalue weighted by molar-refractivity contribution is 6.04. The third kappa shape index (κ3) is 3.98. The molecular formula is C19H18N4O2. The average molecular weight is 334 g/mol. The molecule has 1 aromatic carbocycles. The molecule has 0 fully saturated rings. The van der Waals surface area contributed by atoms with Crippen molar-refractivity contribution in [2.75, 3.05) is 5.32 Å². The summed E-state index contributed by atoms with van der Waals surface area (Å²) in [6.45, 7) is 3.81. The first-order valence-corrected chi connectivity index (χ1v) is 8.00. The average Bonchev–Trinajstić information content (AvgIpc) is 2.62. The van der Waals surface area contributed by atoms with E-state index in [0.717, 1.165) is 17.0 Å². The highest BCUT2D eigenvalue weighted by Gasteiger charge is 2.08. The molecule has 3 aromatic rings. The van der Waals surface area contributed by atoms with Crippen LogP contribution in [-0.4, -0.2) is 20.9 Å². The number of hydrogen-bond donors (Lipinski definition) is 2. The lowest BCUT2D eigenvalue weighted by Gasteiger charge is -2.08. The maximum atomic E-state index is 12.3. The zero-order valence-corrected chi connectivity index (χ0v) is 14.0. The van der Waals surface area contributed by atoms with Crippen molar-refractivity contribution in [1.82, 2.24) is 15.0 Å². The van der Waals surface area contributed by atoms with Crippen molar-refractivity contribution in [1.29, 1.82) is 0 Å². The molecule has 2 N–H and O–H groups in total. The van der Waals surface area contributed by atoms with Crippen LogP contribution in [0.3, 0.4) is 0 Å². The van der Waals surface area contributed by atoms with Gasteiger partial charge in [-0.1, -0.05) is 19.1 Å². The summed E-state index contributed by atoms with van der Waals surface area (Å²) in [5.41, 5.74) is 3.21. The molecule has 126 valence electrons. The second-order valence-electron chi connectivity index (χ2n) is 5.66. The Kier molecular flexibility index (Phi) is 4.70. The molecule has 6 nitrogen and oxygen atoms in total. The zero-order chi connectivity index (χ0) is 17.8. The number of rotatable bonds is 4. The molecule has 0 atom stereocenters. The molecule has 0 spiro atoms. The van der Waals surface area contributed by atoms with E-state index in [9.17, 15) is 9.59 Å². The van der Waals surface area contributed by atoms with Crippen molar-refractivity contribution in [2.45, 2.75) is 20.3 Å². The summed E-state index contributed by atoms with van der Waals surface area (Å²) in [5.74, 6) is 0.242. The van der Waals surface area contributed by atoms with E-state index in [1.54, 1.807) is 30.3 Å². The minimum atomic E-state index is -0.242. The molecule has 2 heterocycles. The van der Waals surface area contributed by atoms with E-state index < -0.39 is 0 Å². The normalized spacial score (nSPS) is 10.5. The molecule has 25 heavy (non-hydrogen) atoms. The zero-order valence-electron chi connectivity index (χ0n) is 14.0. The summed E-state index contributed by atoms with van der Waals surface area (Å²) in [4.78, 5) is 35.3. The fourth-order valence-electron chi connectivity index (χ4n) is 2.38. The van der Waals surface area contributed by atoms with Gasteiger partial charge in [0.15, 0.2) is 0 Å². The van der Waals surface area contributed by atoms with E-state index in [4.69, 9.17) is 0 Å². The Morgan fingerprint density at radius 1 is 1.20 bits per heavy atom. The van der Waals surface area contributed by atoms with Crippen molar-refractivity contribution in [3.63, 3.8) is 0 Å². The number of benzene rings is 1. The Morgan fingerprint density at radius 2 is 2.04 bits per heavy atom. The number of carbonyl (C=O) groups is 1. The lowest BCUT2D eigenvalue weighted by Crippen LogP contribution is -2.13. The number of hydrogen-bond acceptors (Lipinski definition) is 4. The number of amides is 1. The molecule has 0 aliphatic rings. The lowest BCUT2D eigenvalue weighted by molar-refractivity contribution is 0.102. The van der Waals surface area contributed by atoms with E-state index in [-0.39, 0.29) is 11.5 Å². The summed E-state index contributed by atoms with van der Waals surface area (Å²) in [6.07, 6.45) is 2.21. The van der Waals surface area contributed by atoms with Crippen molar-refractivity contribution in [3.8, 4) is 11.4 Å². The largest absolute Gasteiger partial charge is 0.322 e. The number of aromatic amines is 1. The van der Waals surface area contributed by atoms with Gasteiger partial charge in [0.2, 0.25) is 0 Å². The third-order valence-corrected chi connectivity index (χ3v) is 3.72. The molecule has 1 amide bonds. The fraction of sp³-hybridized carbons (Fsp3) is 0.158. The van der Waals surface area contributed by atoms with Crippen molar-refractivity contribution in [2.24, 2.45) is 0 Å². The Morgan fingerprint density at radius 3 is 2.76 bits per heavy atom. The maximum absolute atomic E-state index is 12.3.